The predicted octanol–water partition coefficient (Wildman–Crippen LogP) is 4.96. The molecule has 1 N–H and O–H groups in total. The maximum absolute atomic E-state index is 13.2. The van der Waals surface area contributed by atoms with Gasteiger partial charge in [-0.1, -0.05) is 18.6 Å². The van der Waals surface area contributed by atoms with Crippen molar-refractivity contribution in [1.82, 2.24) is 10.3 Å². The fraction of sp³-hybridized carbons (Fsp3) is 0.471. The van der Waals surface area contributed by atoms with Crippen LogP contribution in [0.2, 0.25) is 0 Å². The van der Waals surface area contributed by atoms with Crippen molar-refractivity contribution in [2.75, 3.05) is 6.54 Å². The third-order valence-corrected chi connectivity index (χ3v) is 4.40. The molecule has 8 heteroatoms. The van der Waals surface area contributed by atoms with E-state index in [1.54, 1.807) is 0 Å². The number of fused-ring (bicyclic) bond motifs is 1. The molecule has 25 heavy (non-hydrogen) atoms. The lowest BCUT2D eigenvalue weighted by atomic mass is 9.94. The molecule has 1 fully saturated rings. The number of para-hydroxylation sites is 1. The quantitative estimate of drug-likeness (QED) is 0.764. The van der Waals surface area contributed by atoms with Gasteiger partial charge in [-0.2, -0.15) is 26.3 Å². The first-order valence-electron chi connectivity index (χ1n) is 7.96. The first kappa shape index (κ1) is 18.0. The number of piperidine rings is 1. The number of benzene rings is 1. The lowest BCUT2D eigenvalue weighted by Gasteiger charge is -2.24. The maximum atomic E-state index is 13.2. The zero-order valence-corrected chi connectivity index (χ0v) is 13.1. The summed E-state index contributed by atoms with van der Waals surface area (Å²) in [6.07, 6.45) is -6.62. The number of hydrogen-bond acceptors (Lipinski definition) is 2. The minimum absolute atomic E-state index is 0.0463. The van der Waals surface area contributed by atoms with Gasteiger partial charge in [0.15, 0.2) is 0 Å². The van der Waals surface area contributed by atoms with E-state index in [0.29, 0.717) is 0 Å². The summed E-state index contributed by atoms with van der Waals surface area (Å²) < 4.78 is 79.0. The standard InChI is InChI=1S/C17H16F6N2/c18-16(19,20)13-6-3-5-12-10(8-11-4-1-2-7-24-11)9-14(17(21,22)23)25-15(12)13/h3,5-6,9,11,24H,1-2,4,7-8H2/t11-/m1/s1. The second-order valence-electron chi connectivity index (χ2n) is 6.21. The van der Waals surface area contributed by atoms with E-state index in [-0.39, 0.29) is 23.4 Å². The van der Waals surface area contributed by atoms with Gasteiger partial charge in [-0.25, -0.2) is 4.98 Å². The summed E-state index contributed by atoms with van der Waals surface area (Å²) >= 11 is 0. The van der Waals surface area contributed by atoms with Crippen molar-refractivity contribution >= 4 is 10.9 Å². The Balaban J connectivity index is 2.16. The summed E-state index contributed by atoms with van der Waals surface area (Å²) in [5, 5.41) is 3.33. The van der Waals surface area contributed by atoms with E-state index in [4.69, 9.17) is 0 Å². The molecule has 0 aliphatic carbocycles. The van der Waals surface area contributed by atoms with Crippen LogP contribution in [0, 0.1) is 0 Å². The van der Waals surface area contributed by atoms with Gasteiger partial charge in [-0.15, -0.1) is 0 Å². The number of rotatable bonds is 2. The van der Waals surface area contributed by atoms with Crippen LogP contribution in [0.5, 0.6) is 0 Å². The highest BCUT2D eigenvalue weighted by Gasteiger charge is 2.37. The molecule has 0 amide bonds. The van der Waals surface area contributed by atoms with Crippen molar-refractivity contribution in [3.05, 3.63) is 41.1 Å². The van der Waals surface area contributed by atoms with E-state index in [1.165, 1.54) is 12.1 Å². The van der Waals surface area contributed by atoms with Crippen LogP contribution >= 0.6 is 0 Å². The van der Waals surface area contributed by atoms with Gasteiger partial charge in [-0.3, -0.25) is 0 Å². The van der Waals surface area contributed by atoms with Crippen molar-refractivity contribution < 1.29 is 26.3 Å². The first-order chi connectivity index (χ1) is 11.7. The van der Waals surface area contributed by atoms with Crippen LogP contribution in [0.15, 0.2) is 24.3 Å². The molecule has 2 nitrogen and oxygen atoms in total. The minimum Gasteiger partial charge on any atom is -0.314 e. The summed E-state index contributed by atoms with van der Waals surface area (Å²) in [6.45, 7) is 0.758. The number of alkyl halides is 6. The van der Waals surface area contributed by atoms with Gasteiger partial charge in [0.2, 0.25) is 0 Å². The van der Waals surface area contributed by atoms with Crippen LogP contribution in [0.3, 0.4) is 0 Å². The highest BCUT2D eigenvalue weighted by Crippen LogP contribution is 2.38. The average molecular weight is 362 g/mol. The van der Waals surface area contributed by atoms with Crippen molar-refractivity contribution in [3.8, 4) is 0 Å². The lowest BCUT2D eigenvalue weighted by molar-refractivity contribution is -0.142. The number of hydrogen-bond donors (Lipinski definition) is 1. The third-order valence-electron chi connectivity index (χ3n) is 4.40. The predicted molar refractivity (Wildman–Crippen MR) is 81.1 cm³/mol. The maximum Gasteiger partial charge on any atom is 0.433 e. The minimum atomic E-state index is -4.80. The van der Waals surface area contributed by atoms with Crippen molar-refractivity contribution in [1.29, 1.82) is 0 Å². The largest absolute Gasteiger partial charge is 0.433 e. The normalized spacial score (nSPS) is 19.4. The molecule has 0 saturated carbocycles. The van der Waals surface area contributed by atoms with Gasteiger partial charge in [0.05, 0.1) is 11.1 Å². The second-order valence-corrected chi connectivity index (χ2v) is 6.21. The summed E-state index contributed by atoms with van der Waals surface area (Å²) in [4.78, 5) is 3.30. The van der Waals surface area contributed by atoms with Crippen LogP contribution in [0.1, 0.15) is 36.1 Å². The zero-order valence-electron chi connectivity index (χ0n) is 13.1. The van der Waals surface area contributed by atoms with E-state index < -0.39 is 29.1 Å². The second kappa shape index (κ2) is 6.48. The zero-order chi connectivity index (χ0) is 18.2. The molecule has 1 aliphatic heterocycles. The van der Waals surface area contributed by atoms with Crippen LogP contribution in [-0.4, -0.2) is 17.6 Å². The van der Waals surface area contributed by atoms with Gasteiger partial charge in [0.1, 0.15) is 5.69 Å². The number of aromatic nitrogens is 1. The fourth-order valence-corrected chi connectivity index (χ4v) is 3.23. The summed E-state index contributed by atoms with van der Waals surface area (Å²) in [5.41, 5.74) is -2.84. The van der Waals surface area contributed by atoms with Crippen LogP contribution < -0.4 is 5.32 Å². The summed E-state index contributed by atoms with van der Waals surface area (Å²) in [5.74, 6) is 0. The first-order valence-corrected chi connectivity index (χ1v) is 7.96. The Morgan fingerprint density at radius 3 is 2.40 bits per heavy atom. The molecular weight excluding hydrogens is 346 g/mol. The lowest BCUT2D eigenvalue weighted by Crippen LogP contribution is -2.35. The van der Waals surface area contributed by atoms with Crippen LogP contribution in [0.4, 0.5) is 26.3 Å². The smallest absolute Gasteiger partial charge is 0.314 e. The summed E-state index contributed by atoms with van der Waals surface area (Å²) in [6, 6.07) is 4.19. The molecule has 0 radical (unpaired) electrons. The van der Waals surface area contributed by atoms with Gasteiger partial charge in [0, 0.05) is 11.4 Å². The van der Waals surface area contributed by atoms with E-state index in [0.717, 1.165) is 37.9 Å². The van der Waals surface area contributed by atoms with E-state index in [2.05, 4.69) is 10.3 Å². The SMILES string of the molecule is FC(F)(F)c1cc(C[C@H]2CCCCN2)c2cccc(C(F)(F)F)c2n1. The van der Waals surface area contributed by atoms with E-state index in [9.17, 15) is 26.3 Å². The molecule has 1 aromatic heterocycles. The Kier molecular flexibility index (Phi) is 4.66. The van der Waals surface area contributed by atoms with Crippen molar-refractivity contribution in [3.63, 3.8) is 0 Å². The number of halogens is 6. The molecule has 2 aromatic rings. The highest BCUT2D eigenvalue weighted by molar-refractivity contribution is 5.86. The molecule has 1 aromatic carbocycles. The Bertz CT molecular complexity index is 760. The molecular formula is C17H16F6N2. The third kappa shape index (κ3) is 3.89. The molecule has 1 atom stereocenters. The average Bonchev–Trinajstić information content (AvgIpc) is 2.53. The topological polar surface area (TPSA) is 24.9 Å². The number of nitrogens with zero attached hydrogens (tertiary/aromatic N) is 1. The van der Waals surface area contributed by atoms with Crippen LogP contribution in [0.25, 0.3) is 10.9 Å². The highest BCUT2D eigenvalue weighted by atomic mass is 19.4. The molecule has 0 spiro atoms. The molecule has 0 unspecified atom stereocenters. The number of pyridine rings is 1. The van der Waals surface area contributed by atoms with E-state index >= 15 is 0 Å². The molecule has 3 rings (SSSR count). The van der Waals surface area contributed by atoms with Crippen molar-refractivity contribution in [2.45, 2.75) is 44.1 Å². The van der Waals surface area contributed by atoms with Gasteiger partial charge in [0.25, 0.3) is 0 Å². The Labute approximate surface area is 140 Å². The van der Waals surface area contributed by atoms with Crippen molar-refractivity contribution in [2.24, 2.45) is 0 Å². The molecule has 136 valence electrons. The van der Waals surface area contributed by atoms with Crippen LogP contribution in [-0.2, 0) is 18.8 Å². The van der Waals surface area contributed by atoms with Gasteiger partial charge >= 0.3 is 12.4 Å². The van der Waals surface area contributed by atoms with Gasteiger partial charge in [-0.05, 0) is 43.5 Å². The summed E-state index contributed by atoms with van der Waals surface area (Å²) in [7, 11) is 0. The number of nitrogens with one attached hydrogen (secondary N) is 1. The Hall–Kier alpha value is -1.83. The Morgan fingerprint density at radius 2 is 1.80 bits per heavy atom. The molecule has 0 bridgehead atoms. The fourth-order valence-electron chi connectivity index (χ4n) is 3.23. The molecule has 2 heterocycles. The van der Waals surface area contributed by atoms with E-state index in [1.807, 2.05) is 0 Å². The molecule has 1 aliphatic rings. The monoisotopic (exact) mass is 362 g/mol. The Morgan fingerprint density at radius 1 is 1.04 bits per heavy atom. The molecule has 1 saturated heterocycles. The van der Waals surface area contributed by atoms with Gasteiger partial charge < -0.3 is 5.32 Å².